The molecule has 1 heterocycles. The van der Waals surface area contributed by atoms with Gasteiger partial charge in [-0.1, -0.05) is 0 Å². The van der Waals surface area contributed by atoms with Crippen molar-refractivity contribution in [1.29, 1.82) is 0 Å². The summed E-state index contributed by atoms with van der Waals surface area (Å²) in [5.41, 5.74) is 0.311. The molecule has 0 atom stereocenters. The molecule has 29 heavy (non-hydrogen) atoms. The number of hydrogen-bond acceptors (Lipinski definition) is 8. The molecule has 0 fully saturated rings. The standard InChI is InChI=1S/C17H12N4O7S/c22-20(23)13-3-1-12(2-4-13)17-10-7-15(28-17)11-18-19-29(26,27)16-8-5-14(6-9-16)21(24)25/h1-11,19H/b18-11+. The number of furan rings is 1. The molecule has 0 aliphatic rings. The average molecular weight is 416 g/mol. The molecule has 1 N–H and O–H groups in total. The van der Waals surface area contributed by atoms with Crippen LogP contribution in [0.2, 0.25) is 0 Å². The van der Waals surface area contributed by atoms with E-state index in [2.05, 4.69) is 5.10 Å². The lowest BCUT2D eigenvalue weighted by Gasteiger charge is -2.02. The maximum Gasteiger partial charge on any atom is 0.276 e. The van der Waals surface area contributed by atoms with Crippen molar-refractivity contribution >= 4 is 27.6 Å². The molecule has 0 bridgehead atoms. The van der Waals surface area contributed by atoms with Crippen molar-refractivity contribution < 1.29 is 22.7 Å². The zero-order chi connectivity index (χ0) is 21.0. The molecule has 2 aromatic carbocycles. The predicted molar refractivity (Wildman–Crippen MR) is 102 cm³/mol. The van der Waals surface area contributed by atoms with E-state index >= 15 is 0 Å². The fraction of sp³-hybridized carbons (Fsp3) is 0. The first-order valence-corrected chi connectivity index (χ1v) is 9.38. The third-order valence-corrected chi connectivity index (χ3v) is 4.95. The summed E-state index contributed by atoms with van der Waals surface area (Å²) in [4.78, 5) is 21.9. The molecule has 3 rings (SSSR count). The minimum atomic E-state index is -4.01. The van der Waals surface area contributed by atoms with Gasteiger partial charge in [0.15, 0.2) is 0 Å². The summed E-state index contributed by atoms with van der Waals surface area (Å²) in [5.74, 6) is 0.657. The number of hydrazone groups is 1. The largest absolute Gasteiger partial charge is 0.455 e. The van der Waals surface area contributed by atoms with Crippen molar-refractivity contribution in [3.8, 4) is 11.3 Å². The van der Waals surface area contributed by atoms with Gasteiger partial charge in [-0.25, -0.2) is 0 Å². The summed E-state index contributed by atoms with van der Waals surface area (Å²) in [6.45, 7) is 0. The topological polar surface area (TPSA) is 158 Å². The second-order valence-corrected chi connectivity index (χ2v) is 7.27. The van der Waals surface area contributed by atoms with Crippen LogP contribution < -0.4 is 4.83 Å². The Morgan fingerprint density at radius 2 is 1.41 bits per heavy atom. The predicted octanol–water partition coefficient (Wildman–Crippen LogP) is 3.08. The lowest BCUT2D eigenvalue weighted by Crippen LogP contribution is -2.18. The van der Waals surface area contributed by atoms with E-state index in [1.807, 2.05) is 4.83 Å². The van der Waals surface area contributed by atoms with Crippen molar-refractivity contribution in [2.24, 2.45) is 5.10 Å². The number of nitrogens with one attached hydrogen (secondary N) is 1. The number of hydrogen-bond donors (Lipinski definition) is 1. The van der Waals surface area contributed by atoms with Crippen LogP contribution in [0.1, 0.15) is 5.76 Å². The summed E-state index contributed by atoms with van der Waals surface area (Å²) in [5, 5.41) is 24.9. The maximum absolute atomic E-state index is 12.1. The zero-order valence-corrected chi connectivity index (χ0v) is 15.3. The highest BCUT2D eigenvalue weighted by Gasteiger charge is 2.15. The zero-order valence-electron chi connectivity index (χ0n) is 14.5. The molecule has 0 saturated carbocycles. The van der Waals surface area contributed by atoms with Crippen LogP contribution in [-0.4, -0.2) is 24.5 Å². The first-order chi connectivity index (χ1) is 13.8. The highest BCUT2D eigenvalue weighted by molar-refractivity contribution is 7.89. The summed E-state index contributed by atoms with van der Waals surface area (Å²) in [6.07, 6.45) is 1.14. The number of nitro groups is 2. The molecule has 0 amide bonds. The van der Waals surface area contributed by atoms with Crippen LogP contribution >= 0.6 is 0 Å². The van der Waals surface area contributed by atoms with Gasteiger partial charge in [0, 0.05) is 29.8 Å². The molecule has 0 spiro atoms. The normalized spacial score (nSPS) is 11.4. The van der Waals surface area contributed by atoms with Gasteiger partial charge < -0.3 is 4.42 Å². The lowest BCUT2D eigenvalue weighted by atomic mass is 10.1. The van der Waals surface area contributed by atoms with Crippen molar-refractivity contribution in [3.63, 3.8) is 0 Å². The second kappa shape index (κ2) is 7.90. The first kappa shape index (κ1) is 19.7. The lowest BCUT2D eigenvalue weighted by molar-refractivity contribution is -0.385. The molecule has 12 heteroatoms. The van der Waals surface area contributed by atoms with E-state index in [4.69, 9.17) is 4.42 Å². The molecule has 0 unspecified atom stereocenters. The highest BCUT2D eigenvalue weighted by atomic mass is 32.2. The summed E-state index contributed by atoms with van der Waals surface area (Å²) in [6, 6.07) is 13.2. The van der Waals surface area contributed by atoms with E-state index < -0.39 is 19.9 Å². The Morgan fingerprint density at radius 1 is 0.862 bits per heavy atom. The van der Waals surface area contributed by atoms with E-state index in [0.717, 1.165) is 30.5 Å². The maximum atomic E-state index is 12.1. The monoisotopic (exact) mass is 416 g/mol. The van der Waals surface area contributed by atoms with Gasteiger partial charge in [-0.3, -0.25) is 20.2 Å². The van der Waals surface area contributed by atoms with Crippen molar-refractivity contribution in [2.75, 3.05) is 0 Å². The Bertz CT molecular complexity index is 1180. The number of nitro benzene ring substituents is 2. The van der Waals surface area contributed by atoms with Gasteiger partial charge in [0.05, 0.1) is 21.0 Å². The van der Waals surface area contributed by atoms with E-state index in [9.17, 15) is 28.6 Å². The van der Waals surface area contributed by atoms with E-state index in [0.29, 0.717) is 11.3 Å². The molecule has 0 aliphatic heterocycles. The van der Waals surface area contributed by atoms with Crippen LogP contribution in [-0.2, 0) is 10.0 Å². The van der Waals surface area contributed by atoms with Crippen LogP contribution in [0.4, 0.5) is 11.4 Å². The number of nitrogens with zero attached hydrogens (tertiary/aromatic N) is 3. The number of non-ortho nitro benzene ring substituents is 2. The van der Waals surface area contributed by atoms with Gasteiger partial charge in [0.25, 0.3) is 21.4 Å². The van der Waals surface area contributed by atoms with E-state index in [1.54, 1.807) is 12.1 Å². The average Bonchev–Trinajstić information content (AvgIpc) is 3.17. The number of rotatable bonds is 7. The Morgan fingerprint density at radius 3 is 1.97 bits per heavy atom. The molecule has 148 valence electrons. The first-order valence-electron chi connectivity index (χ1n) is 7.90. The smallest absolute Gasteiger partial charge is 0.276 e. The molecular formula is C17H12N4O7S. The van der Waals surface area contributed by atoms with E-state index in [1.165, 1.54) is 24.3 Å². The summed E-state index contributed by atoms with van der Waals surface area (Å²) < 4.78 is 29.8. The fourth-order valence-corrected chi connectivity index (χ4v) is 3.08. The molecule has 11 nitrogen and oxygen atoms in total. The Labute approximate surface area is 163 Å². The van der Waals surface area contributed by atoms with Crippen LogP contribution in [0.15, 0.2) is 75.1 Å². The molecule has 0 aliphatic carbocycles. The second-order valence-electron chi connectivity index (χ2n) is 5.61. The van der Waals surface area contributed by atoms with Gasteiger partial charge in [-0.15, -0.1) is 0 Å². The minimum Gasteiger partial charge on any atom is -0.455 e. The van der Waals surface area contributed by atoms with Gasteiger partial charge in [-0.2, -0.15) is 18.4 Å². The van der Waals surface area contributed by atoms with Crippen LogP contribution in [0.25, 0.3) is 11.3 Å². The minimum absolute atomic E-state index is 0.0530. The Balaban J connectivity index is 1.69. The quantitative estimate of drug-likeness (QED) is 0.352. The number of benzene rings is 2. The van der Waals surface area contributed by atoms with Gasteiger partial charge >= 0.3 is 0 Å². The summed E-state index contributed by atoms with van der Waals surface area (Å²) >= 11 is 0. The molecule has 1 aromatic heterocycles. The van der Waals surface area contributed by atoms with Crippen molar-refractivity contribution in [3.05, 3.63) is 86.7 Å². The SMILES string of the molecule is O=[N+]([O-])c1ccc(-c2ccc(/C=N/NS(=O)(=O)c3ccc([N+](=O)[O-])cc3)o2)cc1. The molecular weight excluding hydrogens is 404 g/mol. The highest BCUT2D eigenvalue weighted by Crippen LogP contribution is 2.24. The molecule has 0 radical (unpaired) electrons. The van der Waals surface area contributed by atoms with Gasteiger partial charge in [0.2, 0.25) is 0 Å². The third-order valence-electron chi connectivity index (χ3n) is 3.71. The Hall–Kier alpha value is -4.06. The van der Waals surface area contributed by atoms with Crippen LogP contribution in [0, 0.1) is 20.2 Å². The number of sulfonamides is 1. The van der Waals surface area contributed by atoms with Crippen molar-refractivity contribution in [1.82, 2.24) is 4.83 Å². The van der Waals surface area contributed by atoms with Gasteiger partial charge in [-0.05, 0) is 36.4 Å². The van der Waals surface area contributed by atoms with E-state index in [-0.39, 0.29) is 22.0 Å². The molecule has 0 saturated heterocycles. The van der Waals surface area contributed by atoms with Crippen LogP contribution in [0.3, 0.4) is 0 Å². The fourth-order valence-electron chi connectivity index (χ4n) is 2.28. The van der Waals surface area contributed by atoms with Gasteiger partial charge in [0.1, 0.15) is 11.5 Å². The Kier molecular flexibility index (Phi) is 5.36. The molecule has 3 aromatic rings. The van der Waals surface area contributed by atoms with Crippen LogP contribution in [0.5, 0.6) is 0 Å². The summed E-state index contributed by atoms with van der Waals surface area (Å²) in [7, 11) is -4.01. The van der Waals surface area contributed by atoms with Crippen molar-refractivity contribution in [2.45, 2.75) is 4.90 Å². The third kappa shape index (κ3) is 4.62.